The van der Waals surface area contributed by atoms with Gasteiger partial charge >= 0.3 is 0 Å². The van der Waals surface area contributed by atoms with E-state index < -0.39 is 8.32 Å². The highest BCUT2D eigenvalue weighted by Gasteiger charge is 2.38. The molecule has 0 atom stereocenters. The Kier molecular flexibility index (Phi) is 4.13. The Morgan fingerprint density at radius 2 is 1.54 bits per heavy atom. The third-order valence-electron chi connectivity index (χ3n) is 2.70. The maximum Gasteiger partial charge on any atom is 0.193 e. The van der Waals surface area contributed by atoms with E-state index in [1.54, 1.807) is 12.2 Å². The van der Waals surface area contributed by atoms with Gasteiger partial charge in [-0.15, -0.1) is 13.2 Å². The van der Waals surface area contributed by atoms with Crippen LogP contribution in [0.1, 0.15) is 20.8 Å². The second-order valence-electron chi connectivity index (χ2n) is 4.81. The summed E-state index contributed by atoms with van der Waals surface area (Å²) in [5, 5.41) is 0.247. The lowest BCUT2D eigenvalue weighted by atomic mass is 10.2. The smallest absolute Gasteiger partial charge is 0.193 e. The summed E-state index contributed by atoms with van der Waals surface area (Å²) in [7, 11) is -1.65. The third-order valence-corrected chi connectivity index (χ3v) is 7.18. The summed E-state index contributed by atoms with van der Waals surface area (Å²) in [6, 6.07) is 0. The van der Waals surface area contributed by atoms with Crippen molar-refractivity contribution in [2.75, 3.05) is 0 Å². The molecule has 0 radical (unpaired) electrons. The molecule has 0 bridgehead atoms. The first-order valence-electron chi connectivity index (χ1n) is 4.67. The quantitative estimate of drug-likeness (QED) is 0.494. The summed E-state index contributed by atoms with van der Waals surface area (Å²) < 4.78 is 6.00. The molecule has 0 saturated heterocycles. The van der Waals surface area contributed by atoms with Crippen LogP contribution in [0.3, 0.4) is 0 Å². The summed E-state index contributed by atoms with van der Waals surface area (Å²) in [5.74, 6) is 0. The molecule has 1 nitrogen and oxygen atoms in total. The van der Waals surface area contributed by atoms with Crippen LogP contribution in [0, 0.1) is 0 Å². The van der Waals surface area contributed by atoms with Gasteiger partial charge in [-0.05, 0) is 18.1 Å². The number of hydrogen-bond acceptors (Lipinski definition) is 1. The van der Waals surface area contributed by atoms with Crippen molar-refractivity contribution < 1.29 is 4.43 Å². The molecule has 0 aliphatic carbocycles. The number of rotatable bonds is 4. The van der Waals surface area contributed by atoms with E-state index in [1.165, 1.54) is 0 Å². The second-order valence-corrected chi connectivity index (χ2v) is 9.57. The van der Waals surface area contributed by atoms with E-state index in [-0.39, 0.29) is 11.1 Å². The monoisotopic (exact) mass is 198 g/mol. The maximum absolute atomic E-state index is 6.00. The molecule has 76 valence electrons. The molecule has 0 aromatic carbocycles. The molecule has 0 amide bonds. The van der Waals surface area contributed by atoms with E-state index in [1.807, 2.05) is 0 Å². The molecule has 0 aliphatic rings. The Morgan fingerprint density at radius 3 is 1.77 bits per heavy atom. The largest absolute Gasteiger partial charge is 0.407 e. The van der Waals surface area contributed by atoms with Crippen molar-refractivity contribution in [1.29, 1.82) is 0 Å². The van der Waals surface area contributed by atoms with Crippen molar-refractivity contribution in [3.05, 3.63) is 25.3 Å². The minimum absolute atomic E-state index is 0.000826. The molecule has 0 spiro atoms. The summed E-state index contributed by atoms with van der Waals surface area (Å²) in [6.07, 6.45) is 3.60. The average Bonchev–Trinajstić information content (AvgIpc) is 1.98. The van der Waals surface area contributed by atoms with Gasteiger partial charge in [0.25, 0.3) is 0 Å². The van der Waals surface area contributed by atoms with Gasteiger partial charge in [-0.3, -0.25) is 0 Å². The fourth-order valence-corrected chi connectivity index (χ4v) is 1.94. The van der Waals surface area contributed by atoms with E-state index >= 15 is 0 Å². The Labute approximate surface area is 83.6 Å². The first-order chi connectivity index (χ1) is 5.74. The maximum atomic E-state index is 6.00. The van der Waals surface area contributed by atoms with Crippen LogP contribution in [0.25, 0.3) is 0 Å². The summed E-state index contributed by atoms with van der Waals surface area (Å²) in [5.41, 5.74) is 0. The van der Waals surface area contributed by atoms with E-state index in [4.69, 9.17) is 4.43 Å². The van der Waals surface area contributed by atoms with Crippen LogP contribution in [-0.4, -0.2) is 14.4 Å². The molecule has 0 unspecified atom stereocenters. The van der Waals surface area contributed by atoms with Crippen LogP contribution in [0.4, 0.5) is 0 Å². The number of hydrogen-bond donors (Lipinski definition) is 0. The summed E-state index contributed by atoms with van der Waals surface area (Å²) >= 11 is 0. The van der Waals surface area contributed by atoms with Crippen molar-refractivity contribution in [3.63, 3.8) is 0 Å². The Hall–Kier alpha value is -0.343. The molecule has 0 saturated carbocycles. The van der Waals surface area contributed by atoms with Gasteiger partial charge in [0.1, 0.15) is 0 Å². The van der Waals surface area contributed by atoms with E-state index in [0.29, 0.717) is 0 Å². The highest BCUT2D eigenvalue weighted by Crippen LogP contribution is 2.37. The lowest BCUT2D eigenvalue weighted by molar-refractivity contribution is 0.268. The van der Waals surface area contributed by atoms with Gasteiger partial charge in [-0.2, -0.15) is 0 Å². The Morgan fingerprint density at radius 1 is 1.15 bits per heavy atom. The van der Waals surface area contributed by atoms with Gasteiger partial charge in [0.15, 0.2) is 8.32 Å². The van der Waals surface area contributed by atoms with Crippen molar-refractivity contribution in [1.82, 2.24) is 0 Å². The van der Waals surface area contributed by atoms with Crippen LogP contribution in [0.15, 0.2) is 25.3 Å². The normalized spacial score (nSPS) is 13.1. The lowest BCUT2D eigenvalue weighted by Crippen LogP contribution is -2.43. The molecule has 0 aromatic rings. The first kappa shape index (κ1) is 12.7. The van der Waals surface area contributed by atoms with E-state index in [9.17, 15) is 0 Å². The van der Waals surface area contributed by atoms with Crippen LogP contribution in [-0.2, 0) is 4.43 Å². The zero-order valence-corrected chi connectivity index (χ0v) is 10.6. The van der Waals surface area contributed by atoms with Crippen LogP contribution in [0.5, 0.6) is 0 Å². The molecule has 0 fully saturated rings. The van der Waals surface area contributed by atoms with E-state index in [0.717, 1.165) is 0 Å². The molecular formula is C11H22OSi. The summed E-state index contributed by atoms with van der Waals surface area (Å²) in [6.45, 7) is 18.6. The van der Waals surface area contributed by atoms with Crippen molar-refractivity contribution >= 4 is 8.32 Å². The fourth-order valence-electron chi connectivity index (χ4n) is 0.709. The fraction of sp³-hybridized carbons (Fsp3) is 0.636. The SMILES string of the molecule is C=CC(C=C)O[Si](C)(C)C(C)(C)C. The van der Waals surface area contributed by atoms with Crippen LogP contribution in [0.2, 0.25) is 18.1 Å². The van der Waals surface area contributed by atoms with Crippen molar-refractivity contribution in [2.24, 2.45) is 0 Å². The zero-order valence-electron chi connectivity index (χ0n) is 9.55. The molecular weight excluding hydrogens is 176 g/mol. The van der Waals surface area contributed by atoms with Gasteiger partial charge in [0.2, 0.25) is 0 Å². The molecule has 0 rings (SSSR count). The summed E-state index contributed by atoms with van der Waals surface area (Å²) in [4.78, 5) is 0. The second kappa shape index (κ2) is 4.25. The minimum Gasteiger partial charge on any atom is -0.407 e. The van der Waals surface area contributed by atoms with Gasteiger partial charge in [-0.25, -0.2) is 0 Å². The van der Waals surface area contributed by atoms with Gasteiger partial charge < -0.3 is 4.43 Å². The van der Waals surface area contributed by atoms with Crippen molar-refractivity contribution in [2.45, 2.75) is 45.0 Å². The van der Waals surface area contributed by atoms with Gasteiger partial charge in [-0.1, -0.05) is 32.9 Å². The molecule has 2 heteroatoms. The Bertz CT molecular complexity index is 181. The first-order valence-corrected chi connectivity index (χ1v) is 7.58. The topological polar surface area (TPSA) is 9.23 Å². The molecule has 0 aliphatic heterocycles. The predicted molar refractivity (Wildman–Crippen MR) is 62.5 cm³/mol. The van der Waals surface area contributed by atoms with Gasteiger partial charge in [0.05, 0.1) is 6.10 Å². The minimum atomic E-state index is -1.65. The molecule has 0 N–H and O–H groups in total. The van der Waals surface area contributed by atoms with Crippen LogP contribution < -0.4 is 0 Å². The van der Waals surface area contributed by atoms with Crippen molar-refractivity contribution in [3.8, 4) is 0 Å². The predicted octanol–water partition coefficient (Wildman–Crippen LogP) is 3.75. The van der Waals surface area contributed by atoms with Crippen LogP contribution >= 0.6 is 0 Å². The highest BCUT2D eigenvalue weighted by atomic mass is 28.4. The average molecular weight is 198 g/mol. The van der Waals surface area contributed by atoms with Gasteiger partial charge in [0, 0.05) is 0 Å². The lowest BCUT2D eigenvalue weighted by Gasteiger charge is -2.37. The highest BCUT2D eigenvalue weighted by molar-refractivity contribution is 6.74. The standard InChI is InChI=1S/C11H22OSi/c1-8-10(9-2)12-13(6,7)11(3,4)5/h8-10H,1-2H2,3-7H3. The molecule has 0 aromatic heterocycles. The third kappa shape index (κ3) is 3.49. The Balaban J connectivity index is 4.49. The molecule has 0 heterocycles. The molecule has 13 heavy (non-hydrogen) atoms. The van der Waals surface area contributed by atoms with E-state index in [2.05, 4.69) is 47.0 Å². The zero-order chi connectivity index (χ0) is 10.7.